The maximum absolute atomic E-state index is 14.2. The third-order valence-corrected chi connectivity index (χ3v) is 10.7. The second-order valence-electron chi connectivity index (χ2n) is 13.3. The highest BCUT2D eigenvalue weighted by atomic mass is 16.5. The van der Waals surface area contributed by atoms with E-state index in [9.17, 15) is 24.6 Å². The molecule has 0 aromatic heterocycles. The SMILES string of the molecule is COc1cc(C=O)cc2c1OC1C2C(C(=O)NCCO)=CC(N(CC2CCC3CC2C3(C)C)C(=O)Cc2ccccc2)C1O. The van der Waals surface area contributed by atoms with Gasteiger partial charge in [-0.1, -0.05) is 44.2 Å². The third kappa shape index (κ3) is 5.20. The second-order valence-corrected chi connectivity index (χ2v) is 13.3. The van der Waals surface area contributed by atoms with Gasteiger partial charge in [0.1, 0.15) is 18.5 Å². The summed E-state index contributed by atoms with van der Waals surface area (Å²) in [7, 11) is 1.47. The van der Waals surface area contributed by atoms with Crippen LogP contribution in [-0.4, -0.2) is 78.3 Å². The maximum atomic E-state index is 14.2. The van der Waals surface area contributed by atoms with Crippen LogP contribution in [0.1, 0.15) is 60.5 Å². The lowest BCUT2D eigenvalue weighted by Gasteiger charge is -2.61. The number of hydrogen-bond donors (Lipinski definition) is 3. The van der Waals surface area contributed by atoms with E-state index in [1.165, 1.54) is 7.11 Å². The Balaban J connectivity index is 1.41. The number of hydrogen-bond acceptors (Lipinski definition) is 7. The molecule has 2 bridgehead atoms. The highest BCUT2D eigenvalue weighted by Gasteiger charge is 2.56. The Morgan fingerprint density at radius 2 is 1.95 bits per heavy atom. The van der Waals surface area contributed by atoms with Crippen LogP contribution < -0.4 is 14.8 Å². The molecule has 7 rings (SSSR count). The molecule has 3 saturated carbocycles. The molecule has 0 saturated heterocycles. The lowest BCUT2D eigenvalue weighted by atomic mass is 9.45. The van der Waals surface area contributed by atoms with Gasteiger partial charge in [-0.25, -0.2) is 0 Å². The van der Waals surface area contributed by atoms with Crippen LogP contribution in [0.4, 0.5) is 0 Å². The van der Waals surface area contributed by atoms with E-state index < -0.39 is 30.1 Å². The Bertz CT molecular complexity index is 1450. The molecule has 7 unspecified atom stereocenters. The first-order valence-corrected chi connectivity index (χ1v) is 15.6. The topological polar surface area (TPSA) is 125 Å². The first-order valence-electron chi connectivity index (χ1n) is 15.6. The summed E-state index contributed by atoms with van der Waals surface area (Å²) in [4.78, 5) is 41.4. The van der Waals surface area contributed by atoms with Crippen molar-refractivity contribution in [1.82, 2.24) is 10.2 Å². The van der Waals surface area contributed by atoms with Crippen LogP contribution in [0.5, 0.6) is 11.5 Å². The first kappa shape index (κ1) is 30.3. The van der Waals surface area contributed by atoms with Gasteiger partial charge in [0, 0.05) is 29.8 Å². The minimum atomic E-state index is -1.16. The number of ether oxygens (including phenoxy) is 2. The number of aliphatic hydroxyl groups excluding tert-OH is 2. The number of aliphatic hydroxyl groups is 2. The molecule has 9 nitrogen and oxygen atoms in total. The number of fused-ring (bicyclic) bond motifs is 5. The normalized spacial score (nSPS) is 29.2. The molecule has 0 spiro atoms. The van der Waals surface area contributed by atoms with E-state index in [0.717, 1.165) is 24.8 Å². The van der Waals surface area contributed by atoms with Crippen LogP contribution in [0.15, 0.2) is 54.1 Å². The number of carbonyl (C=O) groups excluding carboxylic acids is 3. The van der Waals surface area contributed by atoms with E-state index in [-0.39, 0.29) is 36.8 Å². The number of benzene rings is 2. The van der Waals surface area contributed by atoms with E-state index in [1.807, 2.05) is 30.3 Å². The number of nitrogens with one attached hydrogen (secondary N) is 1. The van der Waals surface area contributed by atoms with E-state index in [2.05, 4.69) is 19.2 Å². The predicted octanol–water partition coefficient (Wildman–Crippen LogP) is 3.27. The van der Waals surface area contributed by atoms with Gasteiger partial charge in [0.25, 0.3) is 0 Å². The van der Waals surface area contributed by atoms with Gasteiger partial charge in [0.15, 0.2) is 11.5 Å². The Kier molecular flexibility index (Phi) is 8.28. The van der Waals surface area contributed by atoms with Crippen molar-refractivity contribution < 1.29 is 34.1 Å². The van der Waals surface area contributed by atoms with Crippen LogP contribution in [-0.2, 0) is 16.0 Å². The molecule has 4 aliphatic carbocycles. The van der Waals surface area contributed by atoms with Gasteiger partial charge >= 0.3 is 0 Å². The highest BCUT2D eigenvalue weighted by molar-refractivity contribution is 5.96. The Hall–Kier alpha value is -3.69. The maximum Gasteiger partial charge on any atom is 0.247 e. The van der Waals surface area contributed by atoms with E-state index in [4.69, 9.17) is 9.47 Å². The van der Waals surface area contributed by atoms with Crippen molar-refractivity contribution in [2.75, 3.05) is 26.8 Å². The molecule has 44 heavy (non-hydrogen) atoms. The van der Waals surface area contributed by atoms with Crippen molar-refractivity contribution in [1.29, 1.82) is 0 Å². The molecule has 1 heterocycles. The highest BCUT2D eigenvalue weighted by Crippen LogP contribution is 2.61. The van der Waals surface area contributed by atoms with Gasteiger partial charge in [-0.15, -0.1) is 0 Å². The van der Waals surface area contributed by atoms with Crippen LogP contribution in [0, 0.1) is 23.2 Å². The molecular weight excluding hydrogens is 560 g/mol. The van der Waals surface area contributed by atoms with Crippen molar-refractivity contribution in [2.45, 2.75) is 63.7 Å². The lowest BCUT2D eigenvalue weighted by molar-refractivity contribution is -0.145. The minimum Gasteiger partial charge on any atom is -0.493 e. The molecule has 9 heteroatoms. The van der Waals surface area contributed by atoms with Gasteiger partial charge in [0.05, 0.1) is 32.1 Å². The summed E-state index contributed by atoms with van der Waals surface area (Å²) in [5, 5.41) is 24.2. The molecule has 2 aromatic rings. The quantitative estimate of drug-likeness (QED) is 0.357. The molecular formula is C35H42N2O7. The summed E-state index contributed by atoms with van der Waals surface area (Å²) in [5.74, 6) is 0.916. The van der Waals surface area contributed by atoms with Gasteiger partial charge in [-0.05, 0) is 66.2 Å². The van der Waals surface area contributed by atoms with Crippen LogP contribution in [0.3, 0.4) is 0 Å². The fourth-order valence-corrected chi connectivity index (χ4v) is 8.25. The summed E-state index contributed by atoms with van der Waals surface area (Å²) in [6.07, 6.45) is 3.81. The monoisotopic (exact) mass is 602 g/mol. The van der Waals surface area contributed by atoms with Crippen LogP contribution in [0.25, 0.3) is 0 Å². The average molecular weight is 603 g/mol. The zero-order valence-corrected chi connectivity index (χ0v) is 25.6. The Morgan fingerprint density at radius 3 is 2.61 bits per heavy atom. The van der Waals surface area contributed by atoms with Crippen molar-refractivity contribution in [3.8, 4) is 11.5 Å². The number of carbonyl (C=O) groups is 3. The molecule has 3 fully saturated rings. The molecule has 5 aliphatic rings. The van der Waals surface area contributed by atoms with E-state index >= 15 is 0 Å². The smallest absolute Gasteiger partial charge is 0.247 e. The molecule has 3 N–H and O–H groups in total. The predicted molar refractivity (Wildman–Crippen MR) is 163 cm³/mol. The molecule has 7 atom stereocenters. The average Bonchev–Trinajstić information content (AvgIpc) is 3.43. The van der Waals surface area contributed by atoms with Crippen LogP contribution in [0.2, 0.25) is 0 Å². The molecule has 2 aromatic carbocycles. The van der Waals surface area contributed by atoms with Gasteiger partial charge in [0.2, 0.25) is 11.8 Å². The van der Waals surface area contributed by atoms with Gasteiger partial charge in [-0.3, -0.25) is 14.4 Å². The second kappa shape index (κ2) is 12.0. The summed E-state index contributed by atoms with van der Waals surface area (Å²) in [5.41, 5.74) is 2.33. The minimum absolute atomic E-state index is 0.0445. The van der Waals surface area contributed by atoms with Crippen molar-refractivity contribution in [3.63, 3.8) is 0 Å². The standard InChI is InChI=1S/C35H42N2O7/c1-35(2)23-10-9-22(26(35)16-23)18-37(29(40)15-20-7-5-4-6-8-20)27-17-25(34(42)36-11-12-38)30-24-13-21(19-39)14-28(43-3)32(24)44-33(30)31(27)41/h4-8,13-14,17,19,22-23,26-27,30-31,33,38,41H,9-12,15-16,18H2,1-3H3,(H,36,42). The number of aldehydes is 1. The first-order chi connectivity index (χ1) is 21.2. The lowest BCUT2D eigenvalue weighted by Crippen LogP contribution is -2.60. The zero-order chi connectivity index (χ0) is 31.2. The number of methoxy groups -OCH3 is 1. The summed E-state index contributed by atoms with van der Waals surface area (Å²) in [6, 6.07) is 11.9. The number of rotatable bonds is 10. The van der Waals surface area contributed by atoms with Crippen molar-refractivity contribution in [3.05, 3.63) is 70.8 Å². The Labute approximate surface area is 258 Å². The molecule has 2 amide bonds. The van der Waals surface area contributed by atoms with Crippen molar-refractivity contribution in [2.24, 2.45) is 23.2 Å². The molecule has 1 aliphatic heterocycles. The van der Waals surface area contributed by atoms with E-state index in [1.54, 1.807) is 23.1 Å². The molecule has 0 radical (unpaired) electrons. The largest absolute Gasteiger partial charge is 0.493 e. The van der Waals surface area contributed by atoms with E-state index in [0.29, 0.717) is 52.9 Å². The Morgan fingerprint density at radius 1 is 1.18 bits per heavy atom. The number of amides is 2. The van der Waals surface area contributed by atoms with Crippen LogP contribution >= 0.6 is 0 Å². The molecule has 234 valence electrons. The fourth-order valence-electron chi connectivity index (χ4n) is 8.25. The zero-order valence-electron chi connectivity index (χ0n) is 25.6. The summed E-state index contributed by atoms with van der Waals surface area (Å²) >= 11 is 0. The fraction of sp³-hybridized carbons (Fsp3) is 0.514. The number of nitrogens with zero attached hydrogens (tertiary/aromatic N) is 1. The summed E-state index contributed by atoms with van der Waals surface area (Å²) < 4.78 is 11.9. The van der Waals surface area contributed by atoms with Gasteiger partial charge in [-0.2, -0.15) is 0 Å². The third-order valence-electron chi connectivity index (χ3n) is 10.7. The summed E-state index contributed by atoms with van der Waals surface area (Å²) in [6.45, 7) is 4.92. The van der Waals surface area contributed by atoms with Crippen molar-refractivity contribution >= 4 is 18.1 Å². The van der Waals surface area contributed by atoms with Gasteiger partial charge < -0.3 is 29.9 Å².